The van der Waals surface area contributed by atoms with Gasteiger partial charge in [-0.1, -0.05) is 18.9 Å². The van der Waals surface area contributed by atoms with E-state index in [4.69, 9.17) is 0 Å². The van der Waals surface area contributed by atoms with Crippen molar-refractivity contribution in [3.8, 4) is 0 Å². The van der Waals surface area contributed by atoms with E-state index in [2.05, 4.69) is 5.32 Å². The van der Waals surface area contributed by atoms with Gasteiger partial charge < -0.3 is 10.4 Å². The van der Waals surface area contributed by atoms with Crippen LogP contribution in [-0.4, -0.2) is 37.8 Å². The molecule has 2 N–H and O–H groups in total. The molecule has 1 saturated carbocycles. The number of carbonyl (C=O) groups is 1. The highest BCUT2D eigenvalue weighted by atomic mass is 32.2. The van der Waals surface area contributed by atoms with Crippen LogP contribution in [0.2, 0.25) is 0 Å². The second kappa shape index (κ2) is 5.77. The maximum absolute atomic E-state index is 12.2. The minimum absolute atomic E-state index is 0.123. The number of rotatable bonds is 4. The molecule has 1 aliphatic carbocycles. The van der Waals surface area contributed by atoms with E-state index in [-0.39, 0.29) is 17.3 Å². The Bertz CT molecular complexity index is 646. The van der Waals surface area contributed by atoms with Crippen molar-refractivity contribution < 1.29 is 18.3 Å². The first-order valence-corrected chi connectivity index (χ1v) is 8.92. The zero-order valence-corrected chi connectivity index (χ0v) is 13.2. The van der Waals surface area contributed by atoms with Gasteiger partial charge in [0, 0.05) is 18.4 Å². The lowest BCUT2D eigenvalue weighted by Crippen LogP contribution is -2.41. The second-order valence-electron chi connectivity index (χ2n) is 5.86. The van der Waals surface area contributed by atoms with Gasteiger partial charge in [-0.2, -0.15) is 0 Å². The van der Waals surface area contributed by atoms with Crippen LogP contribution in [0, 0.1) is 6.92 Å². The number of aliphatic hydroxyl groups is 1. The Morgan fingerprint density at radius 1 is 1.33 bits per heavy atom. The number of benzene rings is 1. The van der Waals surface area contributed by atoms with Crippen molar-refractivity contribution in [1.82, 2.24) is 5.32 Å². The van der Waals surface area contributed by atoms with E-state index in [1.807, 2.05) is 0 Å². The van der Waals surface area contributed by atoms with Crippen molar-refractivity contribution in [3.05, 3.63) is 29.3 Å². The molecule has 1 aromatic rings. The Kier molecular flexibility index (Phi) is 4.39. The van der Waals surface area contributed by atoms with Gasteiger partial charge >= 0.3 is 0 Å². The van der Waals surface area contributed by atoms with Crippen LogP contribution >= 0.6 is 0 Å². The lowest BCUT2D eigenvalue weighted by molar-refractivity contribution is 0.0449. The Hall–Kier alpha value is -1.40. The predicted octanol–water partition coefficient (Wildman–Crippen LogP) is 1.43. The second-order valence-corrected chi connectivity index (χ2v) is 7.88. The Morgan fingerprint density at radius 3 is 2.52 bits per heavy atom. The first kappa shape index (κ1) is 16.0. The highest BCUT2D eigenvalue weighted by Gasteiger charge is 2.31. The zero-order valence-electron chi connectivity index (χ0n) is 12.3. The number of hydrogen-bond acceptors (Lipinski definition) is 4. The molecule has 2 rings (SSSR count). The summed E-state index contributed by atoms with van der Waals surface area (Å²) >= 11 is 0. The molecule has 0 saturated heterocycles. The third-order valence-electron chi connectivity index (χ3n) is 3.99. The third-order valence-corrected chi connectivity index (χ3v) is 5.10. The average Bonchev–Trinajstić information content (AvgIpc) is 2.83. The quantitative estimate of drug-likeness (QED) is 0.881. The molecule has 0 radical (unpaired) electrons. The predicted molar refractivity (Wildman–Crippen MR) is 80.0 cm³/mol. The van der Waals surface area contributed by atoms with E-state index in [1.54, 1.807) is 13.0 Å². The minimum Gasteiger partial charge on any atom is -0.388 e. The first-order chi connectivity index (χ1) is 9.71. The van der Waals surface area contributed by atoms with Gasteiger partial charge in [-0.25, -0.2) is 8.42 Å². The Labute approximate surface area is 125 Å². The van der Waals surface area contributed by atoms with Crippen LogP contribution in [0.15, 0.2) is 23.1 Å². The van der Waals surface area contributed by atoms with Gasteiger partial charge in [-0.15, -0.1) is 0 Å². The minimum atomic E-state index is -3.35. The molecule has 0 unspecified atom stereocenters. The molecule has 5 nitrogen and oxygen atoms in total. The fourth-order valence-electron chi connectivity index (χ4n) is 2.63. The van der Waals surface area contributed by atoms with Crippen molar-refractivity contribution in [1.29, 1.82) is 0 Å². The first-order valence-electron chi connectivity index (χ1n) is 7.03. The summed E-state index contributed by atoms with van der Waals surface area (Å²) in [6, 6.07) is 4.50. The smallest absolute Gasteiger partial charge is 0.251 e. The van der Waals surface area contributed by atoms with E-state index >= 15 is 0 Å². The fraction of sp³-hybridized carbons (Fsp3) is 0.533. The van der Waals surface area contributed by atoms with Crippen LogP contribution in [0.5, 0.6) is 0 Å². The molecule has 0 aliphatic heterocycles. The van der Waals surface area contributed by atoms with Crippen molar-refractivity contribution in [2.45, 2.75) is 43.1 Å². The molecule has 1 aliphatic rings. The van der Waals surface area contributed by atoms with E-state index in [9.17, 15) is 18.3 Å². The molecule has 116 valence electrons. The maximum atomic E-state index is 12.2. The normalized spacial score (nSPS) is 17.7. The summed E-state index contributed by atoms with van der Waals surface area (Å²) in [5.41, 5.74) is 0.218. The molecule has 1 amide bonds. The lowest BCUT2D eigenvalue weighted by atomic mass is 10.0. The van der Waals surface area contributed by atoms with Gasteiger partial charge in [0.15, 0.2) is 9.84 Å². The van der Waals surface area contributed by atoms with E-state index in [0.717, 1.165) is 19.1 Å². The summed E-state index contributed by atoms with van der Waals surface area (Å²) in [5, 5.41) is 12.9. The van der Waals surface area contributed by atoms with Gasteiger partial charge in [0.1, 0.15) is 0 Å². The average molecular weight is 311 g/mol. The van der Waals surface area contributed by atoms with E-state index in [0.29, 0.717) is 24.0 Å². The summed E-state index contributed by atoms with van der Waals surface area (Å²) < 4.78 is 23.1. The SMILES string of the molecule is Cc1ccc(S(C)(=O)=O)cc1C(=O)NCC1(O)CCCC1. The number of aryl methyl sites for hydroxylation is 1. The van der Waals surface area contributed by atoms with Crippen LogP contribution in [0.4, 0.5) is 0 Å². The van der Waals surface area contributed by atoms with Gasteiger partial charge in [0.25, 0.3) is 5.91 Å². The van der Waals surface area contributed by atoms with Crippen molar-refractivity contribution in [2.75, 3.05) is 12.8 Å². The van der Waals surface area contributed by atoms with Crippen molar-refractivity contribution in [3.63, 3.8) is 0 Å². The summed E-state index contributed by atoms with van der Waals surface area (Å²) in [4.78, 5) is 12.3. The maximum Gasteiger partial charge on any atom is 0.251 e. The van der Waals surface area contributed by atoms with Crippen LogP contribution in [-0.2, 0) is 9.84 Å². The summed E-state index contributed by atoms with van der Waals surface area (Å²) in [5.74, 6) is -0.349. The Morgan fingerprint density at radius 2 is 1.95 bits per heavy atom. The van der Waals surface area contributed by atoms with Gasteiger partial charge in [-0.3, -0.25) is 4.79 Å². The standard InChI is InChI=1S/C15H21NO4S/c1-11-5-6-12(21(2,19)20)9-13(11)14(17)16-10-15(18)7-3-4-8-15/h5-6,9,18H,3-4,7-8,10H2,1-2H3,(H,16,17). The number of amides is 1. The molecule has 1 fully saturated rings. The monoisotopic (exact) mass is 311 g/mol. The fourth-order valence-corrected chi connectivity index (χ4v) is 3.27. The van der Waals surface area contributed by atoms with Crippen LogP contribution < -0.4 is 5.32 Å². The molecular formula is C15H21NO4S. The van der Waals surface area contributed by atoms with E-state index in [1.165, 1.54) is 12.1 Å². The Balaban J connectivity index is 2.15. The third kappa shape index (κ3) is 3.83. The molecule has 0 bridgehead atoms. The summed E-state index contributed by atoms with van der Waals surface area (Å²) in [7, 11) is -3.35. The van der Waals surface area contributed by atoms with Crippen LogP contribution in [0.25, 0.3) is 0 Å². The largest absolute Gasteiger partial charge is 0.388 e. The number of carbonyl (C=O) groups excluding carboxylic acids is 1. The van der Waals surface area contributed by atoms with E-state index < -0.39 is 15.4 Å². The molecule has 6 heteroatoms. The molecule has 0 heterocycles. The molecule has 21 heavy (non-hydrogen) atoms. The van der Waals surface area contributed by atoms with Crippen molar-refractivity contribution >= 4 is 15.7 Å². The molecule has 0 aromatic heterocycles. The zero-order chi connectivity index (χ0) is 15.7. The van der Waals surface area contributed by atoms with Crippen LogP contribution in [0.1, 0.15) is 41.6 Å². The number of sulfone groups is 1. The highest BCUT2D eigenvalue weighted by Crippen LogP contribution is 2.28. The molecule has 1 aromatic carbocycles. The lowest BCUT2D eigenvalue weighted by Gasteiger charge is -2.22. The summed E-state index contributed by atoms with van der Waals surface area (Å²) in [6.45, 7) is 1.96. The molecule has 0 spiro atoms. The van der Waals surface area contributed by atoms with Gasteiger partial charge in [0.2, 0.25) is 0 Å². The van der Waals surface area contributed by atoms with Crippen molar-refractivity contribution in [2.24, 2.45) is 0 Å². The number of hydrogen-bond donors (Lipinski definition) is 2. The molecular weight excluding hydrogens is 290 g/mol. The molecule has 0 atom stereocenters. The topological polar surface area (TPSA) is 83.5 Å². The number of nitrogens with one attached hydrogen (secondary N) is 1. The summed E-state index contributed by atoms with van der Waals surface area (Å²) in [6.07, 6.45) is 4.43. The van der Waals surface area contributed by atoms with Gasteiger partial charge in [0.05, 0.1) is 10.5 Å². The highest BCUT2D eigenvalue weighted by molar-refractivity contribution is 7.90. The van der Waals surface area contributed by atoms with Gasteiger partial charge in [-0.05, 0) is 37.5 Å². The van der Waals surface area contributed by atoms with Crippen LogP contribution in [0.3, 0.4) is 0 Å².